The minimum atomic E-state index is 0.0583. The Hall–Kier alpha value is -3.21. The van der Waals surface area contributed by atoms with E-state index in [0.29, 0.717) is 0 Å². The van der Waals surface area contributed by atoms with Crippen molar-refractivity contribution in [3.8, 4) is 5.69 Å². The lowest BCUT2D eigenvalue weighted by Crippen LogP contribution is -2.28. The maximum atomic E-state index is 12.7. The van der Waals surface area contributed by atoms with Gasteiger partial charge in [-0.15, -0.1) is 0 Å². The number of pyridine rings is 1. The summed E-state index contributed by atoms with van der Waals surface area (Å²) >= 11 is 0. The summed E-state index contributed by atoms with van der Waals surface area (Å²) in [5.41, 5.74) is 3.20. The molecule has 3 heterocycles. The molecule has 5 nitrogen and oxygen atoms in total. The van der Waals surface area contributed by atoms with Gasteiger partial charge in [0.25, 0.3) is 0 Å². The van der Waals surface area contributed by atoms with Gasteiger partial charge in [0, 0.05) is 43.1 Å². The predicted molar refractivity (Wildman–Crippen MR) is 101 cm³/mol. The van der Waals surface area contributed by atoms with Crippen molar-refractivity contribution in [2.24, 2.45) is 0 Å². The van der Waals surface area contributed by atoms with Crippen LogP contribution in [-0.4, -0.2) is 31.9 Å². The predicted octanol–water partition coefficient (Wildman–Crippen LogP) is 3.64. The summed E-state index contributed by atoms with van der Waals surface area (Å²) in [5, 5.41) is 0. The van der Waals surface area contributed by atoms with Gasteiger partial charge < -0.3 is 9.47 Å². The van der Waals surface area contributed by atoms with Crippen LogP contribution in [0.4, 0.5) is 0 Å². The van der Waals surface area contributed by atoms with Crippen molar-refractivity contribution >= 4 is 12.0 Å². The average Bonchev–Trinajstić information content (AvgIpc) is 3.39. The molecule has 2 aromatic heterocycles. The molecule has 1 aromatic carbocycles. The summed E-state index contributed by atoms with van der Waals surface area (Å²) in [5.74, 6) is 0.0583. The van der Waals surface area contributed by atoms with Crippen LogP contribution in [0.15, 0.2) is 73.6 Å². The number of aromatic nitrogens is 3. The second-order valence-electron chi connectivity index (χ2n) is 6.37. The van der Waals surface area contributed by atoms with E-state index < -0.39 is 0 Å². The molecule has 0 aliphatic carbocycles. The van der Waals surface area contributed by atoms with Crippen molar-refractivity contribution in [1.29, 1.82) is 0 Å². The second kappa shape index (κ2) is 7.35. The fraction of sp³-hybridized carbons (Fsp3) is 0.190. The lowest BCUT2D eigenvalue weighted by atomic mass is 10.1. The molecule has 1 aliphatic rings. The Balaban J connectivity index is 1.45. The van der Waals surface area contributed by atoms with Crippen molar-refractivity contribution < 1.29 is 4.79 Å². The van der Waals surface area contributed by atoms with Crippen LogP contribution in [-0.2, 0) is 4.79 Å². The van der Waals surface area contributed by atoms with E-state index in [9.17, 15) is 4.79 Å². The van der Waals surface area contributed by atoms with Crippen LogP contribution >= 0.6 is 0 Å². The molecule has 3 aromatic rings. The second-order valence-corrected chi connectivity index (χ2v) is 6.37. The highest BCUT2D eigenvalue weighted by Gasteiger charge is 2.28. The van der Waals surface area contributed by atoms with E-state index in [1.54, 1.807) is 31.0 Å². The van der Waals surface area contributed by atoms with E-state index in [1.807, 2.05) is 58.1 Å². The number of rotatable bonds is 4. The number of hydrogen-bond acceptors (Lipinski definition) is 3. The number of nitrogens with zero attached hydrogens (tertiary/aromatic N) is 4. The zero-order valence-corrected chi connectivity index (χ0v) is 14.4. The zero-order chi connectivity index (χ0) is 17.8. The Bertz CT molecular complexity index is 886. The van der Waals surface area contributed by atoms with Crippen LogP contribution < -0.4 is 0 Å². The molecule has 26 heavy (non-hydrogen) atoms. The molecule has 130 valence electrons. The molecule has 1 unspecified atom stereocenters. The first-order chi connectivity index (χ1) is 12.8. The molecule has 0 bridgehead atoms. The summed E-state index contributed by atoms with van der Waals surface area (Å²) in [6, 6.07) is 12.2. The van der Waals surface area contributed by atoms with Gasteiger partial charge in [-0.25, -0.2) is 4.98 Å². The van der Waals surface area contributed by atoms with E-state index in [2.05, 4.69) is 9.97 Å². The van der Waals surface area contributed by atoms with E-state index in [-0.39, 0.29) is 11.9 Å². The van der Waals surface area contributed by atoms with Gasteiger partial charge in [-0.1, -0.05) is 12.1 Å². The molecular weight excluding hydrogens is 324 g/mol. The summed E-state index contributed by atoms with van der Waals surface area (Å²) in [6.07, 6.45) is 14.6. The Morgan fingerprint density at radius 2 is 1.85 bits per heavy atom. The number of carbonyl (C=O) groups excluding carboxylic acids is 1. The minimum absolute atomic E-state index is 0.0583. The van der Waals surface area contributed by atoms with E-state index >= 15 is 0 Å². The van der Waals surface area contributed by atoms with Crippen molar-refractivity contribution in [2.75, 3.05) is 6.54 Å². The number of hydrogen-bond donors (Lipinski definition) is 0. The SMILES string of the molecule is O=C(C=Cc1ccc(-n2ccnc2)cc1)N1CCCC1c1ccncc1. The number of carbonyl (C=O) groups is 1. The molecular formula is C21H20N4O. The molecule has 1 saturated heterocycles. The topological polar surface area (TPSA) is 51.0 Å². The molecule has 4 rings (SSSR count). The maximum absolute atomic E-state index is 12.7. The van der Waals surface area contributed by atoms with Crippen LogP contribution in [0.2, 0.25) is 0 Å². The molecule has 0 N–H and O–H groups in total. The molecule has 0 radical (unpaired) electrons. The largest absolute Gasteiger partial charge is 0.332 e. The smallest absolute Gasteiger partial charge is 0.247 e. The van der Waals surface area contributed by atoms with Crippen LogP contribution in [0.25, 0.3) is 11.8 Å². The van der Waals surface area contributed by atoms with Crippen LogP contribution in [0.1, 0.15) is 30.0 Å². The first-order valence-corrected chi connectivity index (χ1v) is 8.78. The molecule has 1 aliphatic heterocycles. The highest BCUT2D eigenvalue weighted by molar-refractivity contribution is 5.92. The summed E-state index contributed by atoms with van der Waals surface area (Å²) in [6.45, 7) is 0.801. The van der Waals surface area contributed by atoms with Gasteiger partial charge >= 0.3 is 0 Å². The summed E-state index contributed by atoms with van der Waals surface area (Å²) < 4.78 is 1.95. The Kier molecular flexibility index (Phi) is 4.60. The third-order valence-corrected chi connectivity index (χ3v) is 4.74. The van der Waals surface area contributed by atoms with Gasteiger partial charge in [0.05, 0.1) is 12.4 Å². The summed E-state index contributed by atoms with van der Waals surface area (Å²) in [7, 11) is 0. The fourth-order valence-electron chi connectivity index (χ4n) is 3.40. The third kappa shape index (κ3) is 3.42. The van der Waals surface area contributed by atoms with Crippen molar-refractivity contribution in [3.63, 3.8) is 0 Å². The Morgan fingerprint density at radius 3 is 2.58 bits per heavy atom. The first-order valence-electron chi connectivity index (χ1n) is 8.78. The normalized spacial score (nSPS) is 17.1. The average molecular weight is 344 g/mol. The van der Waals surface area contributed by atoms with E-state index in [1.165, 1.54) is 0 Å². The molecule has 5 heteroatoms. The quantitative estimate of drug-likeness (QED) is 0.679. The van der Waals surface area contributed by atoms with Crippen LogP contribution in [0, 0.1) is 0 Å². The van der Waals surface area contributed by atoms with Gasteiger partial charge in [0.15, 0.2) is 0 Å². The molecule has 0 saturated carbocycles. The van der Waals surface area contributed by atoms with Gasteiger partial charge in [-0.2, -0.15) is 0 Å². The zero-order valence-electron chi connectivity index (χ0n) is 14.4. The summed E-state index contributed by atoms with van der Waals surface area (Å²) in [4.78, 5) is 22.7. The fourth-order valence-corrected chi connectivity index (χ4v) is 3.40. The van der Waals surface area contributed by atoms with Crippen molar-refractivity contribution in [2.45, 2.75) is 18.9 Å². The maximum Gasteiger partial charge on any atom is 0.247 e. The molecule has 1 amide bonds. The number of likely N-dealkylation sites (tertiary alicyclic amines) is 1. The standard InChI is InChI=1S/C21H20N4O/c26-21(25-14-1-2-20(25)18-9-11-22-12-10-18)8-5-17-3-6-19(7-4-17)24-15-13-23-16-24/h3-13,15-16,20H,1-2,14H2. The van der Waals surface area contributed by atoms with Crippen LogP contribution in [0.5, 0.6) is 0 Å². The number of amides is 1. The van der Waals surface area contributed by atoms with E-state index in [0.717, 1.165) is 36.2 Å². The van der Waals surface area contributed by atoms with Gasteiger partial charge in [-0.3, -0.25) is 9.78 Å². The van der Waals surface area contributed by atoms with Crippen LogP contribution in [0.3, 0.4) is 0 Å². The van der Waals surface area contributed by atoms with E-state index in [4.69, 9.17) is 0 Å². The van der Waals surface area contributed by atoms with Gasteiger partial charge in [0.2, 0.25) is 5.91 Å². The highest BCUT2D eigenvalue weighted by atomic mass is 16.2. The van der Waals surface area contributed by atoms with Crippen molar-refractivity contribution in [3.05, 3.63) is 84.7 Å². The number of imidazole rings is 1. The molecule has 0 spiro atoms. The Labute approximate surface area is 152 Å². The highest BCUT2D eigenvalue weighted by Crippen LogP contribution is 2.31. The van der Waals surface area contributed by atoms with Crippen molar-refractivity contribution in [1.82, 2.24) is 19.4 Å². The number of benzene rings is 1. The van der Waals surface area contributed by atoms with Gasteiger partial charge in [0.1, 0.15) is 0 Å². The van der Waals surface area contributed by atoms with Gasteiger partial charge in [-0.05, 0) is 54.3 Å². The Morgan fingerprint density at radius 1 is 1.04 bits per heavy atom. The molecule has 1 fully saturated rings. The first kappa shape index (κ1) is 16.3. The lowest BCUT2D eigenvalue weighted by molar-refractivity contribution is -0.126. The lowest BCUT2D eigenvalue weighted by Gasteiger charge is -2.23. The monoisotopic (exact) mass is 344 g/mol. The third-order valence-electron chi connectivity index (χ3n) is 4.74. The molecule has 1 atom stereocenters. The minimum Gasteiger partial charge on any atom is -0.332 e.